The molecule has 8 heteroatoms. The van der Waals surface area contributed by atoms with Crippen molar-refractivity contribution in [1.29, 1.82) is 0 Å². The van der Waals surface area contributed by atoms with Gasteiger partial charge in [0.1, 0.15) is 11.6 Å². The molecule has 6 rings (SSSR count). The summed E-state index contributed by atoms with van der Waals surface area (Å²) in [6.07, 6.45) is 6.58. The average Bonchev–Trinajstić information content (AvgIpc) is 3.14. The predicted molar refractivity (Wildman–Crippen MR) is 146 cm³/mol. The zero-order valence-corrected chi connectivity index (χ0v) is 20.2. The molecule has 0 bridgehead atoms. The van der Waals surface area contributed by atoms with Gasteiger partial charge in [-0.05, 0) is 59.7 Å². The first kappa shape index (κ1) is 23.1. The molecule has 0 saturated carbocycles. The molecule has 3 aromatic heterocycles. The van der Waals surface area contributed by atoms with E-state index < -0.39 is 0 Å². The van der Waals surface area contributed by atoms with Crippen LogP contribution in [0.25, 0.3) is 11.1 Å². The average molecular weight is 499 g/mol. The lowest BCUT2D eigenvalue weighted by Crippen LogP contribution is -2.30. The largest absolute Gasteiger partial charge is 0.338 e. The molecule has 2 aromatic carbocycles. The molecule has 0 fully saturated rings. The number of aromatic nitrogens is 3. The Kier molecular flexibility index (Phi) is 6.03. The number of para-hydroxylation sites is 2. The highest BCUT2D eigenvalue weighted by Crippen LogP contribution is 2.35. The third-order valence-corrected chi connectivity index (χ3v) is 6.33. The van der Waals surface area contributed by atoms with E-state index in [0.29, 0.717) is 23.5 Å². The van der Waals surface area contributed by atoms with Crippen LogP contribution in [0, 0.1) is 0 Å². The minimum Gasteiger partial charge on any atom is -0.338 e. The highest BCUT2D eigenvalue weighted by Gasteiger charge is 2.25. The molecule has 8 nitrogen and oxygen atoms in total. The van der Waals surface area contributed by atoms with Gasteiger partial charge in [0.2, 0.25) is 0 Å². The number of carbonyl (C=O) groups is 2. The second-order valence-corrected chi connectivity index (χ2v) is 8.71. The van der Waals surface area contributed by atoms with Crippen LogP contribution in [0.5, 0.6) is 0 Å². The third kappa shape index (κ3) is 4.46. The second kappa shape index (κ2) is 9.94. The third-order valence-electron chi connectivity index (χ3n) is 6.33. The summed E-state index contributed by atoms with van der Waals surface area (Å²) in [5.41, 5.74) is 5.06. The van der Waals surface area contributed by atoms with Gasteiger partial charge < -0.3 is 15.5 Å². The topological polar surface area (TPSA) is 100 Å². The summed E-state index contributed by atoms with van der Waals surface area (Å²) in [5, 5.41) is 6.17. The van der Waals surface area contributed by atoms with E-state index in [1.807, 2.05) is 66.7 Å². The lowest BCUT2D eigenvalue weighted by atomic mass is 10.0. The number of fused-ring (bicyclic) bond motifs is 2. The van der Waals surface area contributed by atoms with Crippen molar-refractivity contribution in [3.63, 3.8) is 0 Å². The minimum absolute atomic E-state index is 0.204. The SMILES string of the molecule is O=C(Nc1ccc(C(=O)N2Cc3cccnc3Nc3ccccc32)cn1)c1ccccc1-c1ccncc1. The van der Waals surface area contributed by atoms with Gasteiger partial charge in [-0.2, -0.15) is 0 Å². The van der Waals surface area contributed by atoms with Crippen LogP contribution in [0.1, 0.15) is 26.3 Å². The first-order valence-corrected chi connectivity index (χ1v) is 12.1. The Bertz CT molecular complexity index is 1640. The molecular formula is C30H22N6O2. The highest BCUT2D eigenvalue weighted by atomic mass is 16.2. The van der Waals surface area contributed by atoms with Gasteiger partial charge in [0.25, 0.3) is 11.8 Å². The number of rotatable bonds is 4. The number of nitrogens with one attached hydrogen (secondary N) is 2. The monoisotopic (exact) mass is 498 g/mol. The van der Waals surface area contributed by atoms with Crippen molar-refractivity contribution in [2.24, 2.45) is 0 Å². The Labute approximate surface area is 219 Å². The summed E-state index contributed by atoms with van der Waals surface area (Å²) in [6, 6.07) is 25.8. The molecule has 1 aliphatic rings. The molecule has 0 atom stereocenters. The van der Waals surface area contributed by atoms with E-state index in [2.05, 4.69) is 25.6 Å². The van der Waals surface area contributed by atoms with Gasteiger partial charge in [0, 0.05) is 35.9 Å². The van der Waals surface area contributed by atoms with Gasteiger partial charge in [-0.1, -0.05) is 36.4 Å². The Morgan fingerprint density at radius 3 is 2.47 bits per heavy atom. The Hall–Kier alpha value is -5.37. The Morgan fingerprint density at radius 1 is 0.816 bits per heavy atom. The number of hydrogen-bond donors (Lipinski definition) is 2. The maximum atomic E-state index is 13.6. The lowest BCUT2D eigenvalue weighted by molar-refractivity contribution is 0.0984. The van der Waals surface area contributed by atoms with Gasteiger partial charge in [0.05, 0.1) is 23.5 Å². The van der Waals surface area contributed by atoms with E-state index in [-0.39, 0.29) is 11.8 Å². The molecule has 2 amide bonds. The Balaban J connectivity index is 1.24. The van der Waals surface area contributed by atoms with E-state index in [1.54, 1.807) is 41.7 Å². The first-order valence-electron chi connectivity index (χ1n) is 12.1. The molecule has 1 aliphatic heterocycles. The Morgan fingerprint density at radius 2 is 1.63 bits per heavy atom. The van der Waals surface area contributed by atoms with Gasteiger partial charge in [0.15, 0.2) is 0 Å². The fraction of sp³-hybridized carbons (Fsp3) is 0.0333. The van der Waals surface area contributed by atoms with Crippen LogP contribution in [0.2, 0.25) is 0 Å². The summed E-state index contributed by atoms with van der Waals surface area (Å²) in [7, 11) is 0. The van der Waals surface area contributed by atoms with Crippen molar-refractivity contribution in [2.45, 2.75) is 6.54 Å². The van der Waals surface area contributed by atoms with Crippen molar-refractivity contribution in [1.82, 2.24) is 15.0 Å². The van der Waals surface area contributed by atoms with Gasteiger partial charge >= 0.3 is 0 Å². The first-order chi connectivity index (χ1) is 18.7. The van der Waals surface area contributed by atoms with Crippen LogP contribution in [-0.4, -0.2) is 26.8 Å². The molecule has 0 spiro atoms. The fourth-order valence-electron chi connectivity index (χ4n) is 4.46. The van der Waals surface area contributed by atoms with Gasteiger partial charge in [-0.25, -0.2) is 9.97 Å². The number of carbonyl (C=O) groups excluding carboxylic acids is 2. The number of pyridine rings is 3. The van der Waals surface area contributed by atoms with E-state index in [4.69, 9.17) is 0 Å². The molecule has 0 unspecified atom stereocenters. The van der Waals surface area contributed by atoms with Crippen LogP contribution in [0.3, 0.4) is 0 Å². The zero-order valence-electron chi connectivity index (χ0n) is 20.2. The van der Waals surface area contributed by atoms with Crippen molar-refractivity contribution in [3.05, 3.63) is 126 Å². The fourth-order valence-corrected chi connectivity index (χ4v) is 4.46. The van der Waals surface area contributed by atoms with Crippen LogP contribution in [-0.2, 0) is 6.54 Å². The maximum absolute atomic E-state index is 13.6. The van der Waals surface area contributed by atoms with E-state index in [0.717, 1.165) is 33.9 Å². The summed E-state index contributed by atoms with van der Waals surface area (Å²) in [5.74, 6) is 0.576. The number of benzene rings is 2. The zero-order chi connectivity index (χ0) is 25.9. The molecule has 5 aromatic rings. The summed E-state index contributed by atoms with van der Waals surface area (Å²) in [4.78, 5) is 41.3. The number of nitrogens with zero attached hydrogens (tertiary/aromatic N) is 4. The lowest BCUT2D eigenvalue weighted by Gasteiger charge is -2.22. The molecular weight excluding hydrogens is 476 g/mol. The number of amides is 2. The van der Waals surface area contributed by atoms with Gasteiger partial charge in [-0.15, -0.1) is 0 Å². The van der Waals surface area contributed by atoms with Crippen LogP contribution in [0.15, 0.2) is 110 Å². The molecule has 0 radical (unpaired) electrons. The van der Waals surface area contributed by atoms with E-state index in [1.165, 1.54) is 6.20 Å². The normalized spacial score (nSPS) is 11.9. The summed E-state index contributed by atoms with van der Waals surface area (Å²) in [6.45, 7) is 0.357. The molecule has 4 heterocycles. The molecule has 184 valence electrons. The second-order valence-electron chi connectivity index (χ2n) is 8.71. The molecule has 0 aliphatic carbocycles. The van der Waals surface area contributed by atoms with Gasteiger partial charge in [-0.3, -0.25) is 14.6 Å². The maximum Gasteiger partial charge on any atom is 0.260 e. The van der Waals surface area contributed by atoms with Crippen molar-refractivity contribution in [3.8, 4) is 11.1 Å². The minimum atomic E-state index is -0.291. The van der Waals surface area contributed by atoms with Crippen LogP contribution in [0.4, 0.5) is 23.0 Å². The highest BCUT2D eigenvalue weighted by molar-refractivity contribution is 6.10. The predicted octanol–water partition coefficient (Wildman–Crippen LogP) is 5.69. The van der Waals surface area contributed by atoms with E-state index in [9.17, 15) is 9.59 Å². The van der Waals surface area contributed by atoms with Crippen molar-refractivity contribution in [2.75, 3.05) is 15.5 Å². The summed E-state index contributed by atoms with van der Waals surface area (Å²) < 4.78 is 0. The smallest absolute Gasteiger partial charge is 0.260 e. The number of anilines is 4. The van der Waals surface area contributed by atoms with Crippen molar-refractivity contribution >= 4 is 34.8 Å². The molecule has 38 heavy (non-hydrogen) atoms. The van der Waals surface area contributed by atoms with Crippen LogP contribution >= 0.6 is 0 Å². The van der Waals surface area contributed by atoms with Crippen molar-refractivity contribution < 1.29 is 9.59 Å². The van der Waals surface area contributed by atoms with E-state index >= 15 is 0 Å². The van der Waals surface area contributed by atoms with Crippen LogP contribution < -0.4 is 15.5 Å². The quantitative estimate of drug-likeness (QED) is 0.330. The summed E-state index contributed by atoms with van der Waals surface area (Å²) >= 11 is 0. The standard InChI is InChI=1S/C30H22N6O2/c37-29(24-8-2-1-7-23(24)20-13-16-31-17-14-20)35-27-12-11-21(18-33-27)30(38)36-19-22-6-5-15-32-28(22)34-25-9-3-4-10-26(25)36/h1-18H,19H2,(H,32,34)(H,33,35,37). The number of hydrogen-bond acceptors (Lipinski definition) is 6. The molecule has 2 N–H and O–H groups in total. The molecule has 0 saturated heterocycles.